The molecule has 0 aromatic heterocycles. The fourth-order valence-corrected chi connectivity index (χ4v) is 2.51. The number of ether oxygens (including phenoxy) is 2. The van der Waals surface area contributed by atoms with Gasteiger partial charge in [0.1, 0.15) is 0 Å². The van der Waals surface area contributed by atoms with E-state index in [0.717, 1.165) is 16.9 Å². The largest absolute Gasteiger partial charge is 0.493 e. The van der Waals surface area contributed by atoms with E-state index < -0.39 is 5.41 Å². The second-order valence-corrected chi connectivity index (χ2v) is 6.59. The van der Waals surface area contributed by atoms with Gasteiger partial charge in [0.05, 0.1) is 19.6 Å². The second-order valence-electron chi connectivity index (χ2n) is 6.59. The molecule has 0 aliphatic heterocycles. The van der Waals surface area contributed by atoms with Crippen LogP contribution >= 0.6 is 0 Å². The van der Waals surface area contributed by atoms with Gasteiger partial charge < -0.3 is 19.7 Å². The van der Waals surface area contributed by atoms with E-state index in [1.165, 1.54) is 0 Å². The predicted molar refractivity (Wildman–Crippen MR) is 102 cm³/mol. The lowest BCUT2D eigenvalue weighted by Gasteiger charge is -2.25. The van der Waals surface area contributed by atoms with Crippen LogP contribution in [0.5, 0.6) is 11.5 Å². The van der Waals surface area contributed by atoms with Crippen molar-refractivity contribution in [2.24, 2.45) is 0 Å². The Morgan fingerprint density at radius 2 is 1.68 bits per heavy atom. The van der Waals surface area contributed by atoms with E-state index in [-0.39, 0.29) is 5.91 Å². The van der Waals surface area contributed by atoms with E-state index >= 15 is 0 Å². The fraction of sp³-hybridized carbons (Fsp3) is 0.350. The fourth-order valence-electron chi connectivity index (χ4n) is 2.51. The van der Waals surface area contributed by atoms with Crippen molar-refractivity contribution < 1.29 is 14.3 Å². The van der Waals surface area contributed by atoms with Crippen molar-refractivity contribution in [3.63, 3.8) is 0 Å². The van der Waals surface area contributed by atoms with Gasteiger partial charge in [-0.15, -0.1) is 0 Å². The lowest BCUT2D eigenvalue weighted by molar-refractivity contribution is -0.120. The molecule has 0 saturated carbocycles. The Balaban J connectivity index is 2.27. The van der Waals surface area contributed by atoms with Crippen LogP contribution in [-0.2, 0) is 10.2 Å². The molecule has 25 heavy (non-hydrogen) atoms. The third-order valence-corrected chi connectivity index (χ3v) is 4.29. The van der Waals surface area contributed by atoms with Crippen LogP contribution in [0.2, 0.25) is 0 Å². The maximum atomic E-state index is 12.9. The molecule has 5 nitrogen and oxygen atoms in total. The standard InChI is InChI=1S/C20H26N2O3/c1-20(2,14-10-11-17(24-5)18(12-14)25-6)19(23)21-15-8-7-9-16(13-15)22(3)4/h7-13H,1-6H3,(H,21,23). The van der Waals surface area contributed by atoms with Crippen LogP contribution in [-0.4, -0.2) is 34.2 Å². The first-order valence-corrected chi connectivity index (χ1v) is 8.11. The molecule has 1 N–H and O–H groups in total. The number of amides is 1. The molecule has 5 heteroatoms. The molecule has 0 saturated heterocycles. The second kappa shape index (κ2) is 7.47. The van der Waals surface area contributed by atoms with Crippen LogP contribution in [0.4, 0.5) is 11.4 Å². The lowest BCUT2D eigenvalue weighted by atomic mass is 9.83. The Bertz CT molecular complexity index is 754. The maximum absolute atomic E-state index is 12.9. The van der Waals surface area contributed by atoms with Crippen molar-refractivity contribution in [3.05, 3.63) is 48.0 Å². The highest BCUT2D eigenvalue weighted by Crippen LogP contribution is 2.34. The zero-order valence-electron chi connectivity index (χ0n) is 15.7. The minimum absolute atomic E-state index is 0.0874. The van der Waals surface area contributed by atoms with E-state index in [2.05, 4.69) is 5.32 Å². The first kappa shape index (κ1) is 18.6. The Labute approximate surface area is 149 Å². The Hall–Kier alpha value is -2.69. The van der Waals surface area contributed by atoms with Gasteiger partial charge >= 0.3 is 0 Å². The molecule has 1 amide bonds. The van der Waals surface area contributed by atoms with Crippen LogP contribution < -0.4 is 19.7 Å². The summed E-state index contributed by atoms with van der Waals surface area (Å²) in [6, 6.07) is 13.3. The molecule has 0 heterocycles. The average Bonchev–Trinajstić information content (AvgIpc) is 2.61. The minimum Gasteiger partial charge on any atom is -0.493 e. The molecule has 0 bridgehead atoms. The summed E-state index contributed by atoms with van der Waals surface area (Å²) in [5, 5.41) is 3.00. The monoisotopic (exact) mass is 342 g/mol. The molecule has 2 aromatic carbocycles. The topological polar surface area (TPSA) is 50.8 Å². The molecule has 0 unspecified atom stereocenters. The number of hydrogen-bond acceptors (Lipinski definition) is 4. The normalized spacial score (nSPS) is 11.0. The summed E-state index contributed by atoms with van der Waals surface area (Å²) in [5.41, 5.74) is 1.92. The van der Waals surface area contributed by atoms with Gasteiger partial charge in [0.2, 0.25) is 5.91 Å². The summed E-state index contributed by atoms with van der Waals surface area (Å²) in [5.74, 6) is 1.16. The van der Waals surface area contributed by atoms with Crippen molar-refractivity contribution >= 4 is 17.3 Å². The van der Waals surface area contributed by atoms with Crippen LogP contribution in [0.15, 0.2) is 42.5 Å². The van der Waals surface area contributed by atoms with Crippen LogP contribution in [0, 0.1) is 0 Å². The summed E-state index contributed by atoms with van der Waals surface area (Å²) in [6.07, 6.45) is 0. The van der Waals surface area contributed by atoms with E-state index in [1.54, 1.807) is 14.2 Å². The highest BCUT2D eigenvalue weighted by molar-refractivity contribution is 5.99. The number of anilines is 2. The molecule has 0 atom stereocenters. The maximum Gasteiger partial charge on any atom is 0.234 e. The SMILES string of the molecule is COc1ccc(C(C)(C)C(=O)Nc2cccc(N(C)C)c2)cc1OC. The number of methoxy groups -OCH3 is 2. The molecule has 2 aromatic rings. The van der Waals surface area contributed by atoms with E-state index in [1.807, 2.05) is 75.3 Å². The first-order chi connectivity index (χ1) is 11.8. The van der Waals surface area contributed by atoms with Gasteiger partial charge in [-0.3, -0.25) is 4.79 Å². The van der Waals surface area contributed by atoms with Crippen molar-refractivity contribution in [1.29, 1.82) is 0 Å². The van der Waals surface area contributed by atoms with Crippen molar-refractivity contribution in [2.75, 3.05) is 38.5 Å². The number of carbonyl (C=O) groups excluding carboxylic acids is 1. The van der Waals surface area contributed by atoms with Crippen molar-refractivity contribution in [3.8, 4) is 11.5 Å². The number of carbonyl (C=O) groups is 1. The number of nitrogens with one attached hydrogen (secondary N) is 1. The molecule has 0 radical (unpaired) electrons. The molecule has 0 aliphatic carbocycles. The van der Waals surface area contributed by atoms with Gasteiger partial charge in [-0.2, -0.15) is 0 Å². The van der Waals surface area contributed by atoms with Gasteiger partial charge in [0.25, 0.3) is 0 Å². The molecule has 0 fully saturated rings. The van der Waals surface area contributed by atoms with Crippen LogP contribution in [0.3, 0.4) is 0 Å². The average molecular weight is 342 g/mol. The molecule has 2 rings (SSSR count). The van der Waals surface area contributed by atoms with E-state index in [9.17, 15) is 4.79 Å². The van der Waals surface area contributed by atoms with Crippen molar-refractivity contribution in [1.82, 2.24) is 0 Å². The van der Waals surface area contributed by atoms with Gasteiger partial charge in [0.15, 0.2) is 11.5 Å². The third-order valence-electron chi connectivity index (χ3n) is 4.29. The van der Waals surface area contributed by atoms with Gasteiger partial charge in [0, 0.05) is 25.5 Å². The Morgan fingerprint density at radius 1 is 1.00 bits per heavy atom. The van der Waals surface area contributed by atoms with Gasteiger partial charge in [-0.1, -0.05) is 12.1 Å². The quantitative estimate of drug-likeness (QED) is 0.870. The molecular formula is C20H26N2O3. The molecule has 134 valence electrons. The number of hydrogen-bond donors (Lipinski definition) is 1. The van der Waals surface area contributed by atoms with Crippen molar-refractivity contribution in [2.45, 2.75) is 19.3 Å². The van der Waals surface area contributed by atoms with Gasteiger partial charge in [-0.25, -0.2) is 0 Å². The summed E-state index contributed by atoms with van der Waals surface area (Å²) >= 11 is 0. The zero-order chi connectivity index (χ0) is 18.6. The molecule has 0 spiro atoms. The van der Waals surface area contributed by atoms with Crippen LogP contribution in [0.25, 0.3) is 0 Å². The molecular weight excluding hydrogens is 316 g/mol. The molecule has 0 aliphatic rings. The summed E-state index contributed by atoms with van der Waals surface area (Å²) in [6.45, 7) is 3.78. The Kier molecular flexibility index (Phi) is 5.57. The first-order valence-electron chi connectivity index (χ1n) is 8.11. The number of nitrogens with zero attached hydrogens (tertiary/aromatic N) is 1. The highest BCUT2D eigenvalue weighted by atomic mass is 16.5. The summed E-state index contributed by atoms with van der Waals surface area (Å²) in [4.78, 5) is 14.9. The number of benzene rings is 2. The summed E-state index contributed by atoms with van der Waals surface area (Å²) in [7, 11) is 7.11. The minimum atomic E-state index is -0.728. The predicted octanol–water partition coefficient (Wildman–Crippen LogP) is 3.69. The number of rotatable bonds is 6. The third kappa shape index (κ3) is 4.05. The van der Waals surface area contributed by atoms with E-state index in [4.69, 9.17) is 9.47 Å². The summed E-state index contributed by atoms with van der Waals surface area (Å²) < 4.78 is 10.6. The lowest BCUT2D eigenvalue weighted by Crippen LogP contribution is -2.34. The van der Waals surface area contributed by atoms with E-state index in [0.29, 0.717) is 11.5 Å². The highest BCUT2D eigenvalue weighted by Gasteiger charge is 2.31. The van der Waals surface area contributed by atoms with Crippen LogP contribution in [0.1, 0.15) is 19.4 Å². The Morgan fingerprint density at radius 3 is 2.28 bits per heavy atom. The smallest absolute Gasteiger partial charge is 0.234 e. The zero-order valence-corrected chi connectivity index (χ0v) is 15.7. The van der Waals surface area contributed by atoms with Gasteiger partial charge in [-0.05, 0) is 49.7 Å².